The highest BCUT2D eigenvalue weighted by atomic mass is 16.6. The number of nitrogens with two attached hydrogens (primary N) is 2. The molecular weight excluding hydrogens is 1690 g/mol. The Morgan fingerprint density at radius 3 is 2.06 bits per heavy atom. The van der Waals surface area contributed by atoms with Crippen LogP contribution < -0.4 is 11.5 Å². The lowest BCUT2D eigenvalue weighted by Gasteiger charge is -2.42. The first-order chi connectivity index (χ1) is 63.0. The highest BCUT2D eigenvalue weighted by Crippen LogP contribution is 2.40. The molecule has 131 heavy (non-hydrogen) atoms. The molecule has 0 spiro atoms. The second-order valence-electron chi connectivity index (χ2n) is 35.2. The van der Waals surface area contributed by atoms with Gasteiger partial charge in [-0.25, -0.2) is 19.4 Å². The minimum Gasteiger partial charge on any atom is -0.460 e. The van der Waals surface area contributed by atoms with Gasteiger partial charge in [0.25, 0.3) is 17.7 Å². The van der Waals surface area contributed by atoms with Crippen LogP contribution in [0.2, 0.25) is 0 Å². The van der Waals surface area contributed by atoms with Gasteiger partial charge in [-0.1, -0.05) is 96.2 Å². The largest absolute Gasteiger partial charge is 0.460 e. The number of hydrogen-bond donors (Lipinski definition) is 4. The molecule has 33 heteroatoms. The fourth-order valence-electron chi connectivity index (χ4n) is 17.0. The van der Waals surface area contributed by atoms with Crippen molar-refractivity contribution >= 4 is 74.9 Å². The molecule has 2 aromatic carbocycles. The number of piperidine rings is 1. The first-order valence-electron chi connectivity index (χ1n) is 46.6. The molecule has 1 saturated carbocycles. The van der Waals surface area contributed by atoms with E-state index in [1.165, 1.54) is 35.0 Å². The average Bonchev–Trinajstić information content (AvgIpc) is 1.58. The molecular formula is C98H147N9O24. The third kappa shape index (κ3) is 34.1. The SMILES string of the molecule is CCCOCCCC(=O)O[C@@H]1CC[C@@H](C[C@@H](C)[C@@H]2CC(=O)[C@H](C)/C=C(\C)[C@@H](O)[C@@H](OC)C(=O)[C@H](C)C[C@H](C)/C=C/C=C/C=C(\C)[C@@H](OC)C[C@@H]3CC[C@@H](C)[C@@](O)(O3)C(=O)C(=O)N3CCCC[C@H]3C(=O)O2)C[C@H]1OC.CN1CCc2cc(Cn3nc(-c4ccc5oc(N)nc5c4)c4c(N)ncnc43)ccc2C1.COCCOCCOCCOCCOCCOCCOCCC(C)=O. The van der Waals surface area contributed by atoms with E-state index in [1.54, 1.807) is 55.1 Å². The highest BCUT2D eigenvalue weighted by Gasteiger charge is 2.53. The van der Waals surface area contributed by atoms with Crippen LogP contribution in [-0.4, -0.2) is 288 Å². The van der Waals surface area contributed by atoms with E-state index in [0.29, 0.717) is 217 Å². The van der Waals surface area contributed by atoms with E-state index in [4.69, 9.17) is 87.3 Å². The fourth-order valence-corrected chi connectivity index (χ4v) is 17.0. The number of aromatic nitrogens is 5. The van der Waals surface area contributed by atoms with E-state index in [1.807, 2.05) is 87.9 Å². The predicted octanol–water partition coefficient (Wildman–Crippen LogP) is 11.5. The van der Waals surface area contributed by atoms with Crippen LogP contribution in [0, 0.1) is 35.5 Å². The molecule has 2 saturated heterocycles. The summed E-state index contributed by atoms with van der Waals surface area (Å²) in [5, 5.41) is 29.2. The van der Waals surface area contributed by atoms with Gasteiger partial charge in [-0.3, -0.25) is 28.8 Å². The van der Waals surface area contributed by atoms with Crippen molar-refractivity contribution in [2.45, 2.75) is 239 Å². The number of Topliss-reactive ketones (excluding diaryl/α,β-unsaturated/α-hetero) is 4. The monoisotopic (exact) mass is 1830 g/mol. The number of allylic oxidation sites excluding steroid dienone is 6. The normalized spacial score (nSPS) is 26.4. The molecule has 728 valence electrons. The maximum absolute atomic E-state index is 14.6. The number of nitrogens with zero attached hydrogens (tertiary/aromatic N) is 7. The van der Waals surface area contributed by atoms with Gasteiger partial charge in [0.05, 0.1) is 116 Å². The number of carbonyl (C=O) groups is 7. The van der Waals surface area contributed by atoms with Crippen LogP contribution in [0.15, 0.2) is 94.7 Å². The third-order valence-corrected chi connectivity index (χ3v) is 24.7. The summed E-state index contributed by atoms with van der Waals surface area (Å²) in [4.78, 5) is 111. The topological polar surface area (TPSA) is 417 Å². The van der Waals surface area contributed by atoms with Gasteiger partial charge in [0, 0.05) is 110 Å². The number of cyclic esters (lactones) is 1. The van der Waals surface area contributed by atoms with E-state index < -0.39 is 83.9 Å². The Bertz CT molecular complexity index is 4510. The maximum atomic E-state index is 14.6. The average molecular weight is 1840 g/mol. The summed E-state index contributed by atoms with van der Waals surface area (Å²) in [5.41, 5.74) is 20.7. The van der Waals surface area contributed by atoms with Crippen molar-refractivity contribution in [1.82, 2.24) is 34.5 Å². The molecule has 5 aliphatic rings. The number of ketones is 4. The molecule has 3 aromatic heterocycles. The summed E-state index contributed by atoms with van der Waals surface area (Å²) in [5.74, 6) is -8.01. The summed E-state index contributed by atoms with van der Waals surface area (Å²) in [7, 11) is 8.34. The Kier molecular flexibility index (Phi) is 46.6. The standard InChI is InChI=1S/C58H91NO15.C23H22N8O.C17H34O8/c1-12-28-71-29-18-22-51(61)72-47-26-24-43(33-50(47)69-10)32-39(5)49-35-46(60)38(4)31-41(7)53(63)54(70-11)52(62)40(6)30-36(2)19-14-13-15-20-37(3)48(68-9)34-44-25-23-42(8)58(67,74-44)55(64)56(65)59-27-17-16-21-45(59)57(66)73-49;1-30-7-6-14-8-13(2-3-16(14)11-30)10-31-22-19(21(24)26-12-27-22)20(29-31)15-4-5-18-17(9-15)28-23(25)32-18;1-17(18)3-4-20-7-8-22-11-12-24-15-16-25-14-13-23-10-9-21-6-5-19-2/h13-15,19-20,31,36,38-40,42-45,47-50,53-54,63,67H,12,16-18,21-30,32-35H2,1-11H3;2-5,8-9,12H,6-7,10-11H2,1H3,(H2,25,28)(H2,24,26,27);3-16H2,1-2H3/b15-13+,19-14+,37-20+,41-31+;;/t36-,38-,39-,40-,42-,43+,44+,45+,47-,48+,49+,50-,53-,54+,58-;;/m1../s1. The van der Waals surface area contributed by atoms with E-state index in [9.17, 15) is 43.8 Å². The second-order valence-corrected chi connectivity index (χ2v) is 35.2. The number of carbonyl (C=O) groups excluding carboxylic acids is 7. The van der Waals surface area contributed by atoms with Gasteiger partial charge in [0.1, 0.15) is 65.4 Å². The Balaban J connectivity index is 0.000000299. The first-order valence-corrected chi connectivity index (χ1v) is 46.6. The predicted molar refractivity (Wildman–Crippen MR) is 494 cm³/mol. The van der Waals surface area contributed by atoms with Crippen LogP contribution in [0.3, 0.4) is 0 Å². The van der Waals surface area contributed by atoms with Crippen molar-refractivity contribution in [3.8, 4) is 11.3 Å². The van der Waals surface area contributed by atoms with E-state index in [0.717, 1.165) is 42.5 Å². The van der Waals surface area contributed by atoms with Gasteiger partial charge < -0.3 is 102 Å². The van der Waals surface area contributed by atoms with Crippen LogP contribution in [0.25, 0.3) is 33.4 Å². The minimum absolute atomic E-state index is 0.00633. The van der Waals surface area contributed by atoms with Gasteiger partial charge in [-0.2, -0.15) is 10.1 Å². The Labute approximate surface area is 772 Å². The number of nitrogen functional groups attached to an aromatic ring is 2. The number of fused-ring (bicyclic) bond motifs is 6. The molecule has 3 fully saturated rings. The number of amides is 1. The first kappa shape index (κ1) is 108. The van der Waals surface area contributed by atoms with Gasteiger partial charge in [-0.15, -0.1) is 0 Å². The van der Waals surface area contributed by atoms with Gasteiger partial charge in [0.15, 0.2) is 17.0 Å². The number of esters is 2. The van der Waals surface area contributed by atoms with Crippen molar-refractivity contribution in [3.63, 3.8) is 0 Å². The van der Waals surface area contributed by atoms with Crippen LogP contribution in [-0.2, 0) is 119 Å². The molecule has 33 nitrogen and oxygen atoms in total. The number of anilines is 2. The van der Waals surface area contributed by atoms with Crippen LogP contribution >= 0.6 is 0 Å². The van der Waals surface area contributed by atoms with Gasteiger partial charge >= 0.3 is 11.9 Å². The maximum Gasteiger partial charge on any atom is 0.329 e. The molecule has 7 heterocycles. The van der Waals surface area contributed by atoms with Crippen molar-refractivity contribution in [2.24, 2.45) is 35.5 Å². The lowest BCUT2D eigenvalue weighted by molar-refractivity contribution is -0.265. The molecule has 2 bridgehead atoms. The molecule has 10 rings (SSSR count). The minimum atomic E-state index is -2.45. The summed E-state index contributed by atoms with van der Waals surface area (Å²) in [6, 6.07) is 11.3. The van der Waals surface area contributed by atoms with Crippen LogP contribution in [0.5, 0.6) is 0 Å². The molecule has 5 aromatic rings. The van der Waals surface area contributed by atoms with Crippen molar-refractivity contribution in [2.75, 3.05) is 159 Å². The van der Waals surface area contributed by atoms with Crippen LogP contribution in [0.4, 0.5) is 11.8 Å². The van der Waals surface area contributed by atoms with E-state index >= 15 is 0 Å². The molecule has 1 aliphatic carbocycles. The molecule has 4 aliphatic heterocycles. The quantitative estimate of drug-likeness (QED) is 0.0124. The number of methoxy groups -OCH3 is 4. The number of likely N-dealkylation sites (N-methyl/N-ethyl adjacent to an activating group) is 1. The number of aliphatic hydroxyl groups is 2. The summed E-state index contributed by atoms with van der Waals surface area (Å²) < 4.78 is 85.3. The summed E-state index contributed by atoms with van der Waals surface area (Å²) in [6.45, 7) is 27.0. The van der Waals surface area contributed by atoms with Crippen molar-refractivity contribution in [3.05, 3.63) is 107 Å². The van der Waals surface area contributed by atoms with E-state index in [2.05, 4.69) is 45.1 Å². The number of aliphatic hydroxyl groups excluding tert-OH is 1. The van der Waals surface area contributed by atoms with Crippen LogP contribution in [0.1, 0.15) is 182 Å². The molecule has 1 amide bonds. The zero-order chi connectivity index (χ0) is 94.9. The summed E-state index contributed by atoms with van der Waals surface area (Å²) >= 11 is 0. The zero-order valence-electron chi connectivity index (χ0n) is 79.7. The van der Waals surface area contributed by atoms with Gasteiger partial charge in [0.2, 0.25) is 5.79 Å². The summed E-state index contributed by atoms with van der Waals surface area (Å²) in [6.07, 6.45) is 15.7. The fraction of sp³-hybridized carbons (Fsp3) is 0.663. The molecule has 6 N–H and O–H groups in total. The third-order valence-electron chi connectivity index (χ3n) is 24.7. The Morgan fingerprint density at radius 2 is 1.40 bits per heavy atom. The Morgan fingerprint density at radius 1 is 0.710 bits per heavy atom. The number of ether oxygens (including phenoxy) is 14. The second kappa shape index (κ2) is 56.6. The molecule has 15 atom stereocenters. The van der Waals surface area contributed by atoms with Crippen molar-refractivity contribution < 1.29 is 115 Å². The zero-order valence-corrected chi connectivity index (χ0v) is 79.7. The number of oxazole rings is 1. The molecule has 0 radical (unpaired) electrons. The van der Waals surface area contributed by atoms with Gasteiger partial charge in [-0.05, 0) is 175 Å². The number of rotatable bonds is 37. The number of hydrogen-bond acceptors (Lipinski definition) is 31. The number of benzene rings is 2. The lowest BCUT2D eigenvalue weighted by atomic mass is 9.78. The highest BCUT2D eigenvalue weighted by molar-refractivity contribution is 6.39. The smallest absolute Gasteiger partial charge is 0.329 e. The van der Waals surface area contributed by atoms with Crippen molar-refractivity contribution in [1.29, 1.82) is 0 Å². The Hall–Kier alpha value is -8.49. The van der Waals surface area contributed by atoms with E-state index in [-0.39, 0.29) is 79.0 Å². The lowest BCUT2D eigenvalue weighted by Crippen LogP contribution is -2.61. The molecule has 0 unspecified atom stereocenters.